The third kappa shape index (κ3) is 2.76. The minimum Gasteiger partial charge on any atom is -0.466 e. The summed E-state index contributed by atoms with van der Waals surface area (Å²) in [7, 11) is 1.41. The van der Waals surface area contributed by atoms with Crippen LogP contribution in [0.25, 0.3) is 0 Å². The molecule has 1 aliphatic heterocycles. The summed E-state index contributed by atoms with van der Waals surface area (Å²) in [6.45, 7) is 5.31. The van der Waals surface area contributed by atoms with Gasteiger partial charge in [-0.25, -0.2) is 4.79 Å². The van der Waals surface area contributed by atoms with E-state index in [1.54, 1.807) is 6.33 Å². The summed E-state index contributed by atoms with van der Waals surface area (Å²) in [5.74, 6) is 0.739. The van der Waals surface area contributed by atoms with E-state index in [4.69, 9.17) is 4.74 Å². The molecule has 0 aliphatic carbocycles. The molecule has 0 fully saturated rings. The molecule has 2 rings (SSSR count). The lowest BCUT2D eigenvalue weighted by molar-refractivity contribution is -0.136. The minimum absolute atomic E-state index is 0.238. The Morgan fingerprint density at radius 1 is 1.56 bits per heavy atom. The highest BCUT2D eigenvalue weighted by Gasteiger charge is 2.16. The minimum atomic E-state index is -0.238. The van der Waals surface area contributed by atoms with Gasteiger partial charge in [0, 0.05) is 25.2 Å². The topological polar surface area (TPSA) is 60.2 Å². The second-order valence-electron chi connectivity index (χ2n) is 4.25. The van der Waals surface area contributed by atoms with Crippen LogP contribution in [0.3, 0.4) is 0 Å². The summed E-state index contributed by atoms with van der Waals surface area (Å²) in [5.41, 5.74) is 0.726. The Labute approximate surface area is 106 Å². The van der Waals surface area contributed by atoms with Gasteiger partial charge in [-0.05, 0) is 6.42 Å². The quantitative estimate of drug-likeness (QED) is 0.578. The molecule has 0 bridgehead atoms. The molecule has 6 nitrogen and oxygen atoms in total. The average molecular weight is 250 g/mol. The fraction of sp³-hybridized carbons (Fsp3) is 0.583. The smallest absolute Gasteiger partial charge is 0.333 e. The van der Waals surface area contributed by atoms with Crippen molar-refractivity contribution in [3.8, 4) is 0 Å². The molecular weight excluding hydrogens is 232 g/mol. The van der Waals surface area contributed by atoms with Crippen molar-refractivity contribution in [1.29, 1.82) is 0 Å². The molecule has 0 atom stereocenters. The van der Waals surface area contributed by atoms with E-state index in [1.807, 2.05) is 13.0 Å². The summed E-state index contributed by atoms with van der Waals surface area (Å²) >= 11 is 0. The maximum Gasteiger partial charge on any atom is 0.333 e. The lowest BCUT2D eigenvalue weighted by Gasteiger charge is -2.25. The van der Waals surface area contributed by atoms with Crippen molar-refractivity contribution >= 4 is 5.97 Å². The number of aromatic nitrogens is 3. The molecule has 6 heteroatoms. The molecule has 0 amide bonds. The Morgan fingerprint density at radius 2 is 2.39 bits per heavy atom. The Balaban J connectivity index is 1.95. The molecule has 1 aliphatic rings. The average Bonchev–Trinajstić information content (AvgIpc) is 2.86. The number of carbonyl (C=O) groups is 1. The van der Waals surface area contributed by atoms with E-state index < -0.39 is 0 Å². The lowest BCUT2D eigenvalue weighted by atomic mass is 10.2. The van der Waals surface area contributed by atoms with Crippen molar-refractivity contribution in [3.63, 3.8) is 0 Å². The molecule has 0 saturated heterocycles. The van der Waals surface area contributed by atoms with Crippen LogP contribution in [0.1, 0.15) is 19.2 Å². The number of nitrogens with zero attached hydrogens (tertiary/aromatic N) is 4. The second kappa shape index (κ2) is 5.77. The lowest BCUT2D eigenvalue weighted by Crippen LogP contribution is -2.34. The van der Waals surface area contributed by atoms with Gasteiger partial charge in [0.25, 0.3) is 0 Å². The summed E-state index contributed by atoms with van der Waals surface area (Å²) in [4.78, 5) is 13.7. The molecule has 18 heavy (non-hydrogen) atoms. The van der Waals surface area contributed by atoms with Crippen LogP contribution in [0.2, 0.25) is 0 Å². The number of hydrogen-bond acceptors (Lipinski definition) is 5. The van der Waals surface area contributed by atoms with Crippen LogP contribution in [-0.2, 0) is 22.6 Å². The number of methoxy groups -OCH3 is 1. The highest BCUT2D eigenvalue weighted by Crippen LogP contribution is 2.10. The van der Waals surface area contributed by atoms with Crippen LogP contribution in [0.15, 0.2) is 18.0 Å². The fourth-order valence-corrected chi connectivity index (χ4v) is 2.01. The van der Waals surface area contributed by atoms with Gasteiger partial charge in [0.2, 0.25) is 0 Å². The number of carbonyl (C=O) groups excluding carboxylic acids is 1. The first-order valence-corrected chi connectivity index (χ1v) is 6.11. The zero-order chi connectivity index (χ0) is 13.0. The Kier molecular flexibility index (Phi) is 4.09. The van der Waals surface area contributed by atoms with Gasteiger partial charge in [0.05, 0.1) is 13.7 Å². The number of fused-ring (bicyclic) bond motifs is 1. The molecule has 1 aromatic heterocycles. The highest BCUT2D eigenvalue weighted by atomic mass is 16.5. The van der Waals surface area contributed by atoms with Crippen LogP contribution in [0, 0.1) is 0 Å². The van der Waals surface area contributed by atoms with Gasteiger partial charge in [-0.15, -0.1) is 10.2 Å². The number of esters is 1. The predicted molar refractivity (Wildman–Crippen MR) is 65.7 cm³/mol. The summed E-state index contributed by atoms with van der Waals surface area (Å²) < 4.78 is 6.79. The molecule has 0 aromatic carbocycles. The number of rotatable bonds is 4. The molecule has 0 unspecified atom stereocenters. The van der Waals surface area contributed by atoms with Gasteiger partial charge in [0.1, 0.15) is 12.2 Å². The van der Waals surface area contributed by atoms with E-state index >= 15 is 0 Å². The summed E-state index contributed by atoms with van der Waals surface area (Å²) in [5, 5.41) is 7.95. The summed E-state index contributed by atoms with van der Waals surface area (Å²) in [6, 6.07) is 0. The van der Waals surface area contributed by atoms with Gasteiger partial charge in [-0.1, -0.05) is 13.0 Å². The highest BCUT2D eigenvalue weighted by molar-refractivity contribution is 5.88. The van der Waals surface area contributed by atoms with E-state index in [2.05, 4.69) is 19.7 Å². The van der Waals surface area contributed by atoms with Gasteiger partial charge in [-0.2, -0.15) is 0 Å². The first kappa shape index (κ1) is 12.8. The zero-order valence-corrected chi connectivity index (χ0v) is 10.8. The third-order valence-corrected chi connectivity index (χ3v) is 3.14. The van der Waals surface area contributed by atoms with E-state index in [0.29, 0.717) is 6.42 Å². The largest absolute Gasteiger partial charge is 0.466 e. The maximum absolute atomic E-state index is 11.4. The van der Waals surface area contributed by atoms with Gasteiger partial charge in [-0.3, -0.25) is 4.90 Å². The zero-order valence-electron chi connectivity index (χ0n) is 10.8. The van der Waals surface area contributed by atoms with Crippen LogP contribution in [0.5, 0.6) is 0 Å². The van der Waals surface area contributed by atoms with Crippen LogP contribution in [-0.4, -0.2) is 45.8 Å². The molecule has 0 saturated carbocycles. The van der Waals surface area contributed by atoms with Crippen molar-refractivity contribution in [3.05, 3.63) is 23.8 Å². The SMILES string of the molecule is CCC(=CCN1CCn2cnnc2C1)C(=O)OC. The van der Waals surface area contributed by atoms with E-state index in [0.717, 1.165) is 37.6 Å². The molecule has 0 N–H and O–H groups in total. The molecule has 2 heterocycles. The Hall–Kier alpha value is -1.69. The monoisotopic (exact) mass is 250 g/mol. The van der Waals surface area contributed by atoms with E-state index in [1.165, 1.54) is 7.11 Å². The van der Waals surface area contributed by atoms with Crippen LogP contribution < -0.4 is 0 Å². The first-order valence-electron chi connectivity index (χ1n) is 6.11. The van der Waals surface area contributed by atoms with Crippen molar-refractivity contribution < 1.29 is 9.53 Å². The van der Waals surface area contributed by atoms with Crippen molar-refractivity contribution in [1.82, 2.24) is 19.7 Å². The second-order valence-corrected chi connectivity index (χ2v) is 4.25. The maximum atomic E-state index is 11.4. The van der Waals surface area contributed by atoms with Gasteiger partial charge in [0.15, 0.2) is 0 Å². The van der Waals surface area contributed by atoms with Gasteiger partial charge < -0.3 is 9.30 Å². The first-order chi connectivity index (χ1) is 8.74. The summed E-state index contributed by atoms with van der Waals surface area (Å²) in [6.07, 6.45) is 4.39. The fourth-order valence-electron chi connectivity index (χ4n) is 2.01. The number of ether oxygens (including phenoxy) is 1. The number of hydrogen-bond donors (Lipinski definition) is 0. The molecule has 1 aromatic rings. The van der Waals surface area contributed by atoms with Crippen LogP contribution >= 0.6 is 0 Å². The van der Waals surface area contributed by atoms with Gasteiger partial charge >= 0.3 is 5.97 Å². The van der Waals surface area contributed by atoms with Crippen molar-refractivity contribution in [2.24, 2.45) is 0 Å². The van der Waals surface area contributed by atoms with Crippen molar-refractivity contribution in [2.45, 2.75) is 26.4 Å². The molecule has 0 spiro atoms. The normalized spacial score (nSPS) is 16.4. The third-order valence-electron chi connectivity index (χ3n) is 3.14. The predicted octanol–water partition coefficient (Wildman–Crippen LogP) is 0.603. The van der Waals surface area contributed by atoms with E-state index in [9.17, 15) is 4.79 Å². The van der Waals surface area contributed by atoms with Crippen molar-refractivity contribution in [2.75, 3.05) is 20.2 Å². The van der Waals surface area contributed by atoms with Crippen LogP contribution in [0.4, 0.5) is 0 Å². The molecule has 98 valence electrons. The molecular formula is C12H18N4O2. The Morgan fingerprint density at radius 3 is 3.11 bits per heavy atom. The molecule has 0 radical (unpaired) electrons. The Bertz CT molecular complexity index is 453. The van der Waals surface area contributed by atoms with E-state index in [-0.39, 0.29) is 5.97 Å². The standard InChI is InChI=1S/C12H18N4O2/c1-3-10(12(17)18-2)4-5-15-6-7-16-9-13-14-11(16)8-15/h4,9H,3,5-8H2,1-2H3.